The van der Waals surface area contributed by atoms with Crippen LogP contribution in [0.4, 0.5) is 5.88 Å². The lowest BCUT2D eigenvalue weighted by Crippen LogP contribution is -2.21. The van der Waals surface area contributed by atoms with Crippen LogP contribution in [0.15, 0.2) is 29.2 Å². The third-order valence-electron chi connectivity index (χ3n) is 1.77. The fraction of sp³-hybridized carbons (Fsp3) is 0.300. The lowest BCUT2D eigenvalue weighted by atomic mass is 10.4. The summed E-state index contributed by atoms with van der Waals surface area (Å²) >= 11 is 0. The molecule has 0 amide bonds. The van der Waals surface area contributed by atoms with Crippen LogP contribution in [-0.2, 0) is 0 Å². The maximum Gasteiger partial charge on any atom is 0.196 e. The topological polar surface area (TPSA) is 33.5 Å². The van der Waals surface area contributed by atoms with E-state index >= 15 is 0 Å². The monoisotopic (exact) mass is 179 g/mol. The number of hydrogen-bond donors (Lipinski definition) is 0. The number of anilines is 1. The zero-order chi connectivity index (χ0) is 9.68. The molecule has 3 heteroatoms. The molecule has 0 aromatic carbocycles. The molecule has 0 saturated heterocycles. The maximum atomic E-state index is 10.4. The summed E-state index contributed by atoms with van der Waals surface area (Å²) in [5.74, 6) is 1.07. The van der Waals surface area contributed by atoms with Crippen molar-refractivity contribution in [2.45, 2.75) is 6.92 Å². The SMILES string of the molecule is C=CCN(CC)c1ccc(C=O)o1. The minimum absolute atomic E-state index is 0.359. The van der Waals surface area contributed by atoms with Crippen molar-refractivity contribution < 1.29 is 9.21 Å². The van der Waals surface area contributed by atoms with Gasteiger partial charge in [0.15, 0.2) is 17.9 Å². The molecular formula is C10H13NO2. The quantitative estimate of drug-likeness (QED) is 0.512. The van der Waals surface area contributed by atoms with Gasteiger partial charge in [-0.15, -0.1) is 6.58 Å². The summed E-state index contributed by atoms with van der Waals surface area (Å²) in [6.45, 7) is 7.22. The molecule has 0 atom stereocenters. The molecule has 0 radical (unpaired) electrons. The lowest BCUT2D eigenvalue weighted by molar-refractivity contribution is 0.110. The van der Waals surface area contributed by atoms with Crippen LogP contribution >= 0.6 is 0 Å². The van der Waals surface area contributed by atoms with E-state index in [2.05, 4.69) is 6.58 Å². The zero-order valence-corrected chi connectivity index (χ0v) is 7.69. The van der Waals surface area contributed by atoms with Gasteiger partial charge in [0.2, 0.25) is 0 Å². The van der Waals surface area contributed by atoms with Gasteiger partial charge in [-0.2, -0.15) is 0 Å². The molecule has 1 aromatic rings. The number of rotatable bonds is 5. The Morgan fingerprint density at radius 1 is 1.62 bits per heavy atom. The highest BCUT2D eigenvalue weighted by molar-refractivity contribution is 5.71. The summed E-state index contributed by atoms with van der Waals surface area (Å²) in [6, 6.07) is 3.45. The third kappa shape index (κ3) is 2.21. The van der Waals surface area contributed by atoms with E-state index in [-0.39, 0.29) is 0 Å². The Hall–Kier alpha value is -1.51. The standard InChI is InChI=1S/C10H13NO2/c1-3-7-11(4-2)10-6-5-9(8-12)13-10/h3,5-6,8H,1,4,7H2,2H3. The first-order valence-corrected chi connectivity index (χ1v) is 4.22. The van der Waals surface area contributed by atoms with Crippen molar-refractivity contribution in [2.75, 3.05) is 18.0 Å². The van der Waals surface area contributed by atoms with Crippen LogP contribution in [0.2, 0.25) is 0 Å². The molecule has 0 aliphatic rings. The van der Waals surface area contributed by atoms with Gasteiger partial charge in [0.25, 0.3) is 0 Å². The fourth-order valence-corrected chi connectivity index (χ4v) is 1.11. The van der Waals surface area contributed by atoms with Gasteiger partial charge in [0, 0.05) is 19.2 Å². The van der Waals surface area contributed by atoms with E-state index in [0.717, 1.165) is 13.1 Å². The second-order valence-corrected chi connectivity index (χ2v) is 2.62. The fourth-order valence-electron chi connectivity index (χ4n) is 1.11. The molecule has 0 aliphatic carbocycles. The molecule has 0 unspecified atom stereocenters. The van der Waals surface area contributed by atoms with Crippen LogP contribution in [0, 0.1) is 0 Å². The van der Waals surface area contributed by atoms with Crippen LogP contribution in [0.25, 0.3) is 0 Å². The second-order valence-electron chi connectivity index (χ2n) is 2.62. The first kappa shape index (κ1) is 9.58. The Morgan fingerprint density at radius 2 is 2.38 bits per heavy atom. The molecule has 1 rings (SSSR count). The molecule has 1 aromatic heterocycles. The molecular weight excluding hydrogens is 166 g/mol. The predicted molar refractivity (Wildman–Crippen MR) is 52.2 cm³/mol. The van der Waals surface area contributed by atoms with Crippen LogP contribution in [0.1, 0.15) is 17.5 Å². The van der Waals surface area contributed by atoms with E-state index in [1.807, 2.05) is 11.8 Å². The minimum atomic E-state index is 0.359. The van der Waals surface area contributed by atoms with E-state index in [0.29, 0.717) is 17.9 Å². The Kier molecular flexibility index (Phi) is 3.31. The summed E-state index contributed by atoms with van der Waals surface area (Å²) in [6.07, 6.45) is 2.50. The molecule has 13 heavy (non-hydrogen) atoms. The van der Waals surface area contributed by atoms with Crippen molar-refractivity contribution in [1.82, 2.24) is 0 Å². The van der Waals surface area contributed by atoms with Crippen molar-refractivity contribution in [1.29, 1.82) is 0 Å². The average molecular weight is 179 g/mol. The van der Waals surface area contributed by atoms with Gasteiger partial charge in [0.1, 0.15) is 0 Å². The smallest absolute Gasteiger partial charge is 0.196 e. The highest BCUT2D eigenvalue weighted by Crippen LogP contribution is 2.16. The Morgan fingerprint density at radius 3 is 2.85 bits per heavy atom. The Bertz CT molecular complexity index is 291. The van der Waals surface area contributed by atoms with Crippen molar-refractivity contribution in [3.63, 3.8) is 0 Å². The zero-order valence-electron chi connectivity index (χ0n) is 7.69. The van der Waals surface area contributed by atoms with Gasteiger partial charge in [-0.1, -0.05) is 6.08 Å². The van der Waals surface area contributed by atoms with Gasteiger partial charge in [-0.05, 0) is 13.0 Å². The normalized spacial score (nSPS) is 9.62. The molecule has 0 fully saturated rings. The van der Waals surface area contributed by atoms with Crippen molar-refractivity contribution >= 4 is 12.2 Å². The molecule has 70 valence electrons. The van der Waals surface area contributed by atoms with Crippen molar-refractivity contribution in [2.24, 2.45) is 0 Å². The second kappa shape index (κ2) is 4.50. The number of aldehydes is 1. The predicted octanol–water partition coefficient (Wildman–Crippen LogP) is 2.10. The Labute approximate surface area is 77.6 Å². The largest absolute Gasteiger partial charge is 0.438 e. The van der Waals surface area contributed by atoms with Gasteiger partial charge in [-0.25, -0.2) is 0 Å². The van der Waals surface area contributed by atoms with Gasteiger partial charge < -0.3 is 9.32 Å². The first-order valence-electron chi connectivity index (χ1n) is 4.22. The number of furan rings is 1. The molecule has 1 heterocycles. The number of hydrogen-bond acceptors (Lipinski definition) is 3. The van der Waals surface area contributed by atoms with E-state index in [4.69, 9.17) is 4.42 Å². The lowest BCUT2D eigenvalue weighted by Gasteiger charge is -2.16. The summed E-state index contributed by atoms with van der Waals surface area (Å²) in [5, 5.41) is 0. The van der Waals surface area contributed by atoms with Crippen LogP contribution < -0.4 is 4.90 Å². The van der Waals surface area contributed by atoms with Crippen molar-refractivity contribution in [3.05, 3.63) is 30.5 Å². The number of carbonyl (C=O) groups excluding carboxylic acids is 1. The highest BCUT2D eigenvalue weighted by atomic mass is 16.4. The molecule has 0 aliphatic heterocycles. The number of nitrogens with zero attached hydrogens (tertiary/aromatic N) is 1. The molecule has 0 bridgehead atoms. The van der Waals surface area contributed by atoms with Gasteiger partial charge in [0.05, 0.1) is 0 Å². The summed E-state index contributed by atoms with van der Waals surface area (Å²) < 4.78 is 5.25. The Balaban J connectivity index is 2.77. The number of likely N-dealkylation sites (N-methyl/N-ethyl adjacent to an activating group) is 1. The average Bonchev–Trinajstić information content (AvgIpc) is 2.62. The third-order valence-corrected chi connectivity index (χ3v) is 1.77. The van der Waals surface area contributed by atoms with Crippen LogP contribution in [0.3, 0.4) is 0 Å². The van der Waals surface area contributed by atoms with E-state index in [9.17, 15) is 4.79 Å². The summed E-state index contributed by atoms with van der Waals surface area (Å²) in [5.41, 5.74) is 0. The van der Waals surface area contributed by atoms with Crippen LogP contribution in [-0.4, -0.2) is 19.4 Å². The van der Waals surface area contributed by atoms with E-state index < -0.39 is 0 Å². The van der Waals surface area contributed by atoms with E-state index in [1.54, 1.807) is 18.2 Å². The maximum absolute atomic E-state index is 10.4. The summed E-state index contributed by atoms with van der Waals surface area (Å²) in [4.78, 5) is 12.3. The number of carbonyl (C=O) groups is 1. The van der Waals surface area contributed by atoms with E-state index in [1.165, 1.54) is 0 Å². The van der Waals surface area contributed by atoms with Gasteiger partial charge in [-0.3, -0.25) is 4.79 Å². The summed E-state index contributed by atoms with van der Waals surface area (Å²) in [7, 11) is 0. The highest BCUT2D eigenvalue weighted by Gasteiger charge is 2.06. The van der Waals surface area contributed by atoms with Gasteiger partial charge >= 0.3 is 0 Å². The molecule has 0 N–H and O–H groups in total. The van der Waals surface area contributed by atoms with Crippen molar-refractivity contribution in [3.8, 4) is 0 Å². The van der Waals surface area contributed by atoms with Crippen LogP contribution in [0.5, 0.6) is 0 Å². The molecule has 0 saturated carbocycles. The molecule has 3 nitrogen and oxygen atoms in total. The first-order chi connectivity index (χ1) is 6.31. The minimum Gasteiger partial charge on any atom is -0.438 e. The molecule has 0 spiro atoms.